The van der Waals surface area contributed by atoms with Gasteiger partial charge in [-0.2, -0.15) is 0 Å². The second-order valence-corrected chi connectivity index (χ2v) is 6.96. The maximum atomic E-state index is 13.0. The van der Waals surface area contributed by atoms with E-state index in [4.69, 9.17) is 4.74 Å². The highest BCUT2D eigenvalue weighted by molar-refractivity contribution is 6.06. The van der Waals surface area contributed by atoms with Gasteiger partial charge in [-0.3, -0.25) is 4.79 Å². The molecule has 3 aromatic rings. The number of carbonyl (C=O) groups excluding carboxylic acids is 1. The third kappa shape index (κ3) is 3.75. The number of carbonyl (C=O) groups is 1. The molecule has 0 saturated carbocycles. The van der Waals surface area contributed by atoms with E-state index in [1.54, 1.807) is 4.90 Å². The van der Waals surface area contributed by atoms with Gasteiger partial charge < -0.3 is 14.2 Å². The molecule has 138 valence electrons. The number of ether oxygens (including phenoxy) is 1. The fourth-order valence-electron chi connectivity index (χ4n) is 3.57. The molecule has 0 spiro atoms. The monoisotopic (exact) mass is 360 g/mol. The predicted molar refractivity (Wildman–Crippen MR) is 107 cm³/mol. The molecule has 4 rings (SSSR count). The van der Waals surface area contributed by atoms with Crippen molar-refractivity contribution < 1.29 is 9.53 Å². The molecule has 0 unspecified atom stereocenters. The number of aromatic nitrogens is 1. The predicted octanol–water partition coefficient (Wildman–Crippen LogP) is 4.68. The van der Waals surface area contributed by atoms with E-state index in [0.29, 0.717) is 6.61 Å². The standard InChI is InChI=1S/C23H24N2O2/c1-24(23(26)21-14-16-25-15-6-5-9-22(21)25)19-10-12-20(13-11-19)27-17-18-7-3-2-4-8-18/h2-4,7-8,10-14,16H,5-6,9,15,17H2,1H3. The summed E-state index contributed by atoms with van der Waals surface area (Å²) in [6, 6.07) is 19.7. The highest BCUT2D eigenvalue weighted by Gasteiger charge is 2.21. The average Bonchev–Trinajstić information content (AvgIpc) is 3.16. The first-order chi connectivity index (χ1) is 13.2. The largest absolute Gasteiger partial charge is 0.489 e. The van der Waals surface area contributed by atoms with Crippen LogP contribution in [0.2, 0.25) is 0 Å². The van der Waals surface area contributed by atoms with E-state index in [0.717, 1.165) is 42.0 Å². The summed E-state index contributed by atoms with van der Waals surface area (Å²) in [5.41, 5.74) is 3.98. The molecule has 0 bridgehead atoms. The number of nitrogens with zero attached hydrogens (tertiary/aromatic N) is 2. The van der Waals surface area contributed by atoms with Gasteiger partial charge in [0.25, 0.3) is 5.91 Å². The van der Waals surface area contributed by atoms with Crippen molar-refractivity contribution in [3.05, 3.63) is 83.7 Å². The summed E-state index contributed by atoms with van der Waals surface area (Å²) in [7, 11) is 1.83. The molecule has 0 saturated heterocycles. The molecule has 4 nitrogen and oxygen atoms in total. The molecule has 1 aromatic heterocycles. The number of fused-ring (bicyclic) bond motifs is 1. The number of amides is 1. The Morgan fingerprint density at radius 3 is 2.59 bits per heavy atom. The number of rotatable bonds is 5. The lowest BCUT2D eigenvalue weighted by Gasteiger charge is -2.20. The lowest BCUT2D eigenvalue weighted by Crippen LogP contribution is -2.27. The number of benzene rings is 2. The van der Waals surface area contributed by atoms with Gasteiger partial charge in [0, 0.05) is 31.2 Å². The van der Waals surface area contributed by atoms with Crippen LogP contribution in [0.5, 0.6) is 5.75 Å². The van der Waals surface area contributed by atoms with Crippen LogP contribution in [-0.4, -0.2) is 17.5 Å². The summed E-state index contributed by atoms with van der Waals surface area (Å²) >= 11 is 0. The molecule has 1 aliphatic rings. The molecule has 27 heavy (non-hydrogen) atoms. The number of anilines is 1. The molecule has 0 aliphatic carbocycles. The van der Waals surface area contributed by atoms with Crippen LogP contribution in [0.4, 0.5) is 5.69 Å². The summed E-state index contributed by atoms with van der Waals surface area (Å²) in [6.45, 7) is 1.55. The Balaban J connectivity index is 1.43. The first-order valence-corrected chi connectivity index (χ1v) is 9.45. The Kier molecular flexibility index (Phi) is 4.97. The van der Waals surface area contributed by atoms with E-state index in [-0.39, 0.29) is 5.91 Å². The zero-order valence-corrected chi connectivity index (χ0v) is 15.6. The van der Waals surface area contributed by atoms with Crippen molar-refractivity contribution >= 4 is 11.6 Å². The minimum atomic E-state index is 0.0450. The molecule has 0 radical (unpaired) electrons. The van der Waals surface area contributed by atoms with Crippen molar-refractivity contribution in [2.45, 2.75) is 32.4 Å². The molecule has 1 aliphatic heterocycles. The van der Waals surface area contributed by atoms with Crippen LogP contribution in [0.1, 0.15) is 34.5 Å². The van der Waals surface area contributed by atoms with E-state index in [9.17, 15) is 4.79 Å². The van der Waals surface area contributed by atoms with Crippen molar-refractivity contribution in [3.63, 3.8) is 0 Å². The van der Waals surface area contributed by atoms with Gasteiger partial charge in [0.05, 0.1) is 5.56 Å². The molecule has 0 N–H and O–H groups in total. The van der Waals surface area contributed by atoms with E-state index in [1.165, 1.54) is 12.1 Å². The average molecular weight is 360 g/mol. The van der Waals surface area contributed by atoms with Gasteiger partial charge in [0.15, 0.2) is 0 Å². The van der Waals surface area contributed by atoms with Crippen LogP contribution in [0.25, 0.3) is 0 Å². The van der Waals surface area contributed by atoms with Crippen LogP contribution >= 0.6 is 0 Å². The number of aryl methyl sites for hydroxylation is 1. The molecule has 4 heteroatoms. The summed E-state index contributed by atoms with van der Waals surface area (Å²) in [4.78, 5) is 14.7. The minimum absolute atomic E-state index is 0.0450. The first kappa shape index (κ1) is 17.4. The van der Waals surface area contributed by atoms with Gasteiger partial charge in [0.2, 0.25) is 0 Å². The second-order valence-electron chi connectivity index (χ2n) is 6.96. The first-order valence-electron chi connectivity index (χ1n) is 9.45. The summed E-state index contributed by atoms with van der Waals surface area (Å²) in [6.07, 6.45) is 5.36. The van der Waals surface area contributed by atoms with Crippen molar-refractivity contribution in [2.24, 2.45) is 0 Å². The lowest BCUT2D eigenvalue weighted by molar-refractivity contribution is 0.0991. The van der Waals surface area contributed by atoms with Crippen molar-refractivity contribution in [1.82, 2.24) is 4.57 Å². The number of hydrogen-bond donors (Lipinski definition) is 0. The summed E-state index contributed by atoms with van der Waals surface area (Å²) in [5, 5.41) is 0. The number of hydrogen-bond acceptors (Lipinski definition) is 2. The Morgan fingerprint density at radius 2 is 1.81 bits per heavy atom. The van der Waals surface area contributed by atoms with Crippen molar-refractivity contribution in [1.29, 1.82) is 0 Å². The van der Waals surface area contributed by atoms with Gasteiger partial charge >= 0.3 is 0 Å². The van der Waals surface area contributed by atoms with E-state index < -0.39 is 0 Å². The smallest absolute Gasteiger partial charge is 0.259 e. The van der Waals surface area contributed by atoms with Crippen LogP contribution in [0.15, 0.2) is 66.9 Å². The Morgan fingerprint density at radius 1 is 1.04 bits per heavy atom. The Hall–Kier alpha value is -3.01. The third-order valence-electron chi connectivity index (χ3n) is 5.15. The zero-order valence-electron chi connectivity index (χ0n) is 15.6. The van der Waals surface area contributed by atoms with Crippen LogP contribution < -0.4 is 9.64 Å². The molecular formula is C23H24N2O2. The van der Waals surface area contributed by atoms with Gasteiger partial charge in [-0.05, 0) is 55.2 Å². The minimum Gasteiger partial charge on any atom is -0.489 e. The fourth-order valence-corrected chi connectivity index (χ4v) is 3.57. The SMILES string of the molecule is CN(C(=O)c1ccn2c1CCCC2)c1ccc(OCc2ccccc2)cc1. The van der Waals surface area contributed by atoms with Crippen LogP contribution in [-0.2, 0) is 19.6 Å². The van der Waals surface area contributed by atoms with Gasteiger partial charge in [0.1, 0.15) is 12.4 Å². The molecular weight excluding hydrogens is 336 g/mol. The maximum Gasteiger partial charge on any atom is 0.259 e. The van der Waals surface area contributed by atoms with Crippen LogP contribution in [0, 0.1) is 0 Å². The molecule has 1 amide bonds. The van der Waals surface area contributed by atoms with Crippen molar-refractivity contribution in [3.8, 4) is 5.75 Å². The lowest BCUT2D eigenvalue weighted by atomic mass is 10.1. The van der Waals surface area contributed by atoms with Gasteiger partial charge in [-0.1, -0.05) is 30.3 Å². The fraction of sp³-hybridized carbons (Fsp3) is 0.261. The maximum absolute atomic E-state index is 13.0. The van der Waals surface area contributed by atoms with Gasteiger partial charge in [-0.25, -0.2) is 0 Å². The zero-order chi connectivity index (χ0) is 18.6. The van der Waals surface area contributed by atoms with E-state index >= 15 is 0 Å². The van der Waals surface area contributed by atoms with Crippen molar-refractivity contribution in [2.75, 3.05) is 11.9 Å². The van der Waals surface area contributed by atoms with E-state index in [1.807, 2.05) is 73.9 Å². The third-order valence-corrected chi connectivity index (χ3v) is 5.15. The highest BCUT2D eigenvalue weighted by Crippen LogP contribution is 2.25. The molecule has 0 atom stereocenters. The second kappa shape index (κ2) is 7.70. The Bertz CT molecular complexity index is 913. The summed E-state index contributed by atoms with van der Waals surface area (Å²) < 4.78 is 8.04. The molecule has 2 heterocycles. The Labute approximate surface area is 160 Å². The topological polar surface area (TPSA) is 34.5 Å². The summed E-state index contributed by atoms with van der Waals surface area (Å²) in [5.74, 6) is 0.841. The van der Waals surface area contributed by atoms with Crippen LogP contribution in [0.3, 0.4) is 0 Å². The quantitative estimate of drug-likeness (QED) is 0.662. The molecule has 2 aromatic carbocycles. The van der Waals surface area contributed by atoms with Gasteiger partial charge in [-0.15, -0.1) is 0 Å². The highest BCUT2D eigenvalue weighted by atomic mass is 16.5. The van der Waals surface area contributed by atoms with E-state index in [2.05, 4.69) is 4.57 Å². The molecule has 0 fully saturated rings. The normalized spacial score (nSPS) is 13.1.